The second kappa shape index (κ2) is 5.20. The number of hydrogen-bond donors (Lipinski definition) is 1. The second-order valence-electron chi connectivity index (χ2n) is 4.82. The lowest BCUT2D eigenvalue weighted by atomic mass is 9.96. The third kappa shape index (κ3) is 5.34. The van der Waals surface area contributed by atoms with Crippen molar-refractivity contribution in [2.45, 2.75) is 45.2 Å². The Balaban J connectivity index is 2.36. The van der Waals surface area contributed by atoms with E-state index < -0.39 is 12.6 Å². The van der Waals surface area contributed by atoms with Crippen LogP contribution in [-0.2, 0) is 5.41 Å². The molecule has 1 N–H and O–H groups in total. The third-order valence-corrected chi connectivity index (χ3v) is 2.68. The van der Waals surface area contributed by atoms with Gasteiger partial charge in [-0.1, -0.05) is 20.8 Å². The van der Waals surface area contributed by atoms with Crippen LogP contribution >= 0.6 is 11.5 Å². The third-order valence-electron chi connectivity index (χ3n) is 2.01. The Morgan fingerprint density at radius 1 is 1.24 bits per heavy atom. The van der Waals surface area contributed by atoms with E-state index in [4.69, 9.17) is 0 Å². The maximum atomic E-state index is 11.9. The molecule has 0 bridgehead atoms. The first-order valence-corrected chi connectivity index (χ1v) is 6.10. The highest BCUT2D eigenvalue weighted by atomic mass is 32.1. The summed E-state index contributed by atoms with van der Waals surface area (Å²) < 4.78 is 39.8. The van der Waals surface area contributed by atoms with Crippen molar-refractivity contribution in [3.05, 3.63) is 5.82 Å². The molecular formula is C10H16F3N3S. The lowest BCUT2D eigenvalue weighted by Crippen LogP contribution is -2.14. The topological polar surface area (TPSA) is 37.8 Å². The molecule has 0 aliphatic heterocycles. The number of nitrogens with one attached hydrogen (secondary N) is 1. The molecule has 3 nitrogen and oxygen atoms in total. The van der Waals surface area contributed by atoms with Crippen LogP contribution in [0.15, 0.2) is 0 Å². The Morgan fingerprint density at radius 2 is 1.88 bits per heavy atom. The molecule has 0 saturated carbocycles. The lowest BCUT2D eigenvalue weighted by Gasteiger charge is -2.12. The van der Waals surface area contributed by atoms with Crippen LogP contribution in [0, 0.1) is 0 Å². The van der Waals surface area contributed by atoms with Crippen LogP contribution in [0.5, 0.6) is 0 Å². The van der Waals surface area contributed by atoms with Crippen LogP contribution in [0.2, 0.25) is 0 Å². The van der Waals surface area contributed by atoms with Gasteiger partial charge in [0.1, 0.15) is 5.82 Å². The van der Waals surface area contributed by atoms with E-state index in [2.05, 4.69) is 14.7 Å². The van der Waals surface area contributed by atoms with Gasteiger partial charge in [0.05, 0.1) is 0 Å². The molecule has 17 heavy (non-hydrogen) atoms. The highest BCUT2D eigenvalue weighted by Gasteiger charge is 2.26. The van der Waals surface area contributed by atoms with Crippen molar-refractivity contribution in [2.75, 3.05) is 11.9 Å². The summed E-state index contributed by atoms with van der Waals surface area (Å²) in [6.07, 6.45) is -4.81. The summed E-state index contributed by atoms with van der Waals surface area (Å²) >= 11 is 1.18. The molecule has 1 aromatic heterocycles. The average Bonchev–Trinajstić information content (AvgIpc) is 2.58. The fourth-order valence-corrected chi connectivity index (χ4v) is 1.87. The largest absolute Gasteiger partial charge is 0.389 e. The molecule has 1 heterocycles. The first-order chi connectivity index (χ1) is 7.68. The molecule has 0 aliphatic rings. The predicted molar refractivity (Wildman–Crippen MR) is 62.4 cm³/mol. The van der Waals surface area contributed by atoms with Gasteiger partial charge < -0.3 is 5.32 Å². The molecule has 0 amide bonds. The zero-order valence-corrected chi connectivity index (χ0v) is 10.9. The van der Waals surface area contributed by atoms with Gasteiger partial charge in [-0.15, -0.1) is 0 Å². The molecule has 98 valence electrons. The highest BCUT2D eigenvalue weighted by Crippen LogP contribution is 2.24. The maximum Gasteiger partial charge on any atom is 0.389 e. The van der Waals surface area contributed by atoms with E-state index in [1.165, 1.54) is 11.5 Å². The molecule has 1 aromatic rings. The van der Waals surface area contributed by atoms with E-state index in [0.29, 0.717) is 11.0 Å². The highest BCUT2D eigenvalue weighted by molar-refractivity contribution is 7.09. The van der Waals surface area contributed by atoms with Gasteiger partial charge >= 0.3 is 6.18 Å². The van der Waals surface area contributed by atoms with E-state index in [-0.39, 0.29) is 18.4 Å². The van der Waals surface area contributed by atoms with Crippen molar-refractivity contribution < 1.29 is 13.2 Å². The summed E-state index contributed by atoms with van der Waals surface area (Å²) in [7, 11) is 0. The van der Waals surface area contributed by atoms with Gasteiger partial charge in [0, 0.05) is 29.9 Å². The van der Waals surface area contributed by atoms with Crippen LogP contribution in [0.4, 0.5) is 18.3 Å². The molecule has 0 radical (unpaired) electrons. The van der Waals surface area contributed by atoms with Gasteiger partial charge in [-0.2, -0.15) is 17.5 Å². The van der Waals surface area contributed by atoms with Crippen molar-refractivity contribution in [3.63, 3.8) is 0 Å². The fraction of sp³-hybridized carbons (Fsp3) is 0.800. The minimum absolute atomic E-state index is 0.0495. The van der Waals surface area contributed by atoms with E-state index in [0.717, 1.165) is 0 Å². The van der Waals surface area contributed by atoms with Crippen molar-refractivity contribution in [1.82, 2.24) is 9.36 Å². The quantitative estimate of drug-likeness (QED) is 0.847. The summed E-state index contributed by atoms with van der Waals surface area (Å²) in [6, 6.07) is 0. The van der Waals surface area contributed by atoms with Gasteiger partial charge in [-0.3, -0.25) is 0 Å². The number of anilines is 1. The van der Waals surface area contributed by atoms with Crippen molar-refractivity contribution in [3.8, 4) is 0 Å². The first-order valence-electron chi connectivity index (χ1n) is 5.33. The number of alkyl halides is 3. The van der Waals surface area contributed by atoms with Gasteiger partial charge in [-0.05, 0) is 6.42 Å². The molecule has 7 heteroatoms. The maximum absolute atomic E-state index is 11.9. The molecular weight excluding hydrogens is 251 g/mol. The lowest BCUT2D eigenvalue weighted by molar-refractivity contribution is -0.134. The van der Waals surface area contributed by atoms with Crippen LogP contribution in [0.1, 0.15) is 39.4 Å². The minimum atomic E-state index is -4.08. The molecule has 0 spiro atoms. The number of halogens is 3. The normalized spacial score (nSPS) is 12.8. The number of rotatable bonds is 4. The Hall–Kier alpha value is -0.850. The summed E-state index contributed by atoms with van der Waals surface area (Å²) in [5.74, 6) is 0.709. The van der Waals surface area contributed by atoms with Gasteiger partial charge in [0.2, 0.25) is 5.13 Å². The zero-order valence-electron chi connectivity index (χ0n) is 10.1. The van der Waals surface area contributed by atoms with Gasteiger partial charge in [-0.25, -0.2) is 4.98 Å². The monoisotopic (exact) mass is 267 g/mol. The molecule has 0 unspecified atom stereocenters. The number of aromatic nitrogens is 2. The summed E-state index contributed by atoms with van der Waals surface area (Å²) in [4.78, 5) is 4.23. The molecule has 1 rings (SSSR count). The first kappa shape index (κ1) is 14.2. The summed E-state index contributed by atoms with van der Waals surface area (Å²) in [5.41, 5.74) is -0.137. The van der Waals surface area contributed by atoms with Crippen molar-refractivity contribution in [2.24, 2.45) is 0 Å². The van der Waals surface area contributed by atoms with Crippen molar-refractivity contribution >= 4 is 16.7 Å². The van der Waals surface area contributed by atoms with Crippen LogP contribution < -0.4 is 5.32 Å². The Labute approximate surface area is 103 Å². The SMILES string of the molecule is CC(C)(C)c1nsc(NCCCC(F)(F)F)n1. The molecule has 0 fully saturated rings. The Morgan fingerprint density at radius 3 is 2.35 bits per heavy atom. The summed E-state index contributed by atoms with van der Waals surface area (Å²) in [6.45, 7) is 6.23. The molecule has 0 atom stereocenters. The summed E-state index contributed by atoms with van der Waals surface area (Å²) in [5, 5.41) is 3.44. The Kier molecular flexibility index (Phi) is 4.35. The predicted octanol–water partition coefficient (Wildman–Crippen LogP) is 3.59. The standard InChI is InChI=1S/C10H16F3N3S/c1-9(2,3)7-15-8(17-16-7)14-6-4-5-10(11,12)13/h4-6H2,1-3H3,(H,14,15,16). The smallest absolute Gasteiger partial charge is 0.360 e. The molecule has 0 aliphatic carbocycles. The van der Waals surface area contributed by atoms with E-state index in [1.54, 1.807) is 0 Å². The molecule has 0 saturated heterocycles. The average molecular weight is 267 g/mol. The van der Waals surface area contributed by atoms with Crippen molar-refractivity contribution in [1.29, 1.82) is 0 Å². The van der Waals surface area contributed by atoms with E-state index >= 15 is 0 Å². The van der Waals surface area contributed by atoms with Crippen LogP contribution in [-0.4, -0.2) is 22.1 Å². The van der Waals surface area contributed by atoms with Crippen LogP contribution in [0.25, 0.3) is 0 Å². The fourth-order valence-electron chi connectivity index (χ4n) is 1.08. The Bertz CT molecular complexity index is 354. The minimum Gasteiger partial charge on any atom is -0.360 e. The van der Waals surface area contributed by atoms with Crippen LogP contribution in [0.3, 0.4) is 0 Å². The van der Waals surface area contributed by atoms with Gasteiger partial charge in [0.25, 0.3) is 0 Å². The second-order valence-corrected chi connectivity index (χ2v) is 5.57. The molecule has 0 aromatic carbocycles. The number of hydrogen-bond acceptors (Lipinski definition) is 4. The van der Waals surface area contributed by atoms with Gasteiger partial charge in [0.15, 0.2) is 0 Å². The zero-order chi connectivity index (χ0) is 13.1. The number of nitrogens with zero attached hydrogens (tertiary/aromatic N) is 2. The van der Waals surface area contributed by atoms with E-state index in [9.17, 15) is 13.2 Å². The van der Waals surface area contributed by atoms with E-state index in [1.807, 2.05) is 20.8 Å².